The van der Waals surface area contributed by atoms with Crippen LogP contribution >= 0.6 is 0 Å². The van der Waals surface area contributed by atoms with E-state index >= 15 is 0 Å². The maximum absolute atomic E-state index is 12.7. The van der Waals surface area contributed by atoms with Gasteiger partial charge < -0.3 is 9.88 Å². The number of carbonyl (C=O) groups is 1. The molecular formula is C23H27N5O3S. The maximum atomic E-state index is 12.7. The molecule has 32 heavy (non-hydrogen) atoms. The lowest BCUT2D eigenvalue weighted by Gasteiger charge is -2.13. The van der Waals surface area contributed by atoms with Crippen molar-refractivity contribution in [1.29, 1.82) is 0 Å². The molecule has 1 aliphatic heterocycles. The number of hydrogen-bond donors (Lipinski definition) is 2. The van der Waals surface area contributed by atoms with E-state index in [0.29, 0.717) is 5.69 Å². The highest BCUT2D eigenvalue weighted by atomic mass is 32.2. The molecule has 8 nitrogen and oxygen atoms in total. The number of aryl methyl sites for hydroxylation is 1. The zero-order valence-corrected chi connectivity index (χ0v) is 18.9. The van der Waals surface area contributed by atoms with Gasteiger partial charge in [0, 0.05) is 36.3 Å². The summed E-state index contributed by atoms with van der Waals surface area (Å²) in [5.74, 6) is 1.50. The number of sulfonamides is 1. The lowest BCUT2D eigenvalue weighted by molar-refractivity contribution is 0.102. The minimum atomic E-state index is -3.63. The molecule has 2 heterocycles. The van der Waals surface area contributed by atoms with E-state index in [0.717, 1.165) is 43.0 Å². The van der Waals surface area contributed by atoms with Crippen LogP contribution in [0.25, 0.3) is 11.4 Å². The predicted molar refractivity (Wildman–Crippen MR) is 123 cm³/mol. The Balaban J connectivity index is 1.50. The van der Waals surface area contributed by atoms with Gasteiger partial charge >= 0.3 is 0 Å². The topological polar surface area (TPSA) is 106 Å². The van der Waals surface area contributed by atoms with Crippen LogP contribution in [0.2, 0.25) is 0 Å². The number of nitrogens with one attached hydrogen (secondary N) is 2. The average molecular weight is 454 g/mol. The Morgan fingerprint density at radius 2 is 1.81 bits per heavy atom. The molecule has 1 aliphatic rings. The van der Waals surface area contributed by atoms with Gasteiger partial charge in [0.1, 0.15) is 5.82 Å². The molecule has 1 amide bonds. The average Bonchev–Trinajstić information content (AvgIpc) is 3.15. The first kappa shape index (κ1) is 22.2. The van der Waals surface area contributed by atoms with Crippen LogP contribution < -0.4 is 10.0 Å². The van der Waals surface area contributed by atoms with Crippen LogP contribution in [-0.4, -0.2) is 35.6 Å². The highest BCUT2D eigenvalue weighted by molar-refractivity contribution is 7.89. The molecule has 1 aromatic heterocycles. The predicted octanol–water partition coefficient (Wildman–Crippen LogP) is 3.61. The summed E-state index contributed by atoms with van der Waals surface area (Å²) in [6.45, 7) is 2.90. The molecule has 0 unspecified atom stereocenters. The lowest BCUT2D eigenvalue weighted by atomic mass is 10.1. The quantitative estimate of drug-likeness (QED) is 0.593. The molecule has 0 aliphatic carbocycles. The third-order valence-electron chi connectivity index (χ3n) is 5.50. The fourth-order valence-electron chi connectivity index (χ4n) is 3.86. The standard InChI is InChI=1S/C23H27N5O3S/c1-2-24-32(30,31)20-9-7-8-18(16-20)23(29)25-19-13-11-17(12-14-19)22-27-26-21-10-5-3-4-6-15-28(21)22/h7-9,11-14,16,24H,2-6,10,15H2,1H3,(H,25,29). The molecule has 4 rings (SSSR count). The Morgan fingerprint density at radius 1 is 1.03 bits per heavy atom. The highest BCUT2D eigenvalue weighted by Crippen LogP contribution is 2.24. The van der Waals surface area contributed by atoms with Crippen molar-refractivity contribution in [2.24, 2.45) is 0 Å². The van der Waals surface area contributed by atoms with Crippen LogP contribution in [-0.2, 0) is 23.0 Å². The van der Waals surface area contributed by atoms with Gasteiger partial charge in [0.2, 0.25) is 10.0 Å². The van der Waals surface area contributed by atoms with Gasteiger partial charge in [-0.1, -0.05) is 25.8 Å². The molecule has 2 aromatic carbocycles. The molecule has 2 N–H and O–H groups in total. The summed E-state index contributed by atoms with van der Waals surface area (Å²) in [4.78, 5) is 12.7. The molecular weight excluding hydrogens is 426 g/mol. The smallest absolute Gasteiger partial charge is 0.255 e. The fourth-order valence-corrected chi connectivity index (χ4v) is 4.95. The Hall–Kier alpha value is -3.04. The second-order valence-corrected chi connectivity index (χ2v) is 9.58. The number of benzene rings is 2. The second kappa shape index (κ2) is 9.62. The molecule has 0 spiro atoms. The van der Waals surface area contributed by atoms with E-state index in [1.807, 2.05) is 24.3 Å². The number of fused-ring (bicyclic) bond motifs is 1. The second-order valence-electron chi connectivity index (χ2n) is 7.82. The Labute approximate surface area is 188 Å². The minimum absolute atomic E-state index is 0.0608. The van der Waals surface area contributed by atoms with Crippen molar-refractivity contribution in [3.8, 4) is 11.4 Å². The van der Waals surface area contributed by atoms with E-state index in [1.54, 1.807) is 19.1 Å². The Bertz CT molecular complexity index is 1200. The fraction of sp³-hybridized carbons (Fsp3) is 0.348. The summed E-state index contributed by atoms with van der Waals surface area (Å²) in [7, 11) is -3.63. The van der Waals surface area contributed by atoms with Crippen molar-refractivity contribution in [2.75, 3.05) is 11.9 Å². The number of anilines is 1. The zero-order chi connectivity index (χ0) is 22.6. The molecule has 0 saturated heterocycles. The number of amides is 1. The van der Waals surface area contributed by atoms with Gasteiger partial charge in [0.25, 0.3) is 5.91 Å². The third kappa shape index (κ3) is 4.89. The summed E-state index contributed by atoms with van der Waals surface area (Å²) in [5, 5.41) is 11.6. The largest absolute Gasteiger partial charge is 0.322 e. The maximum Gasteiger partial charge on any atom is 0.255 e. The number of carbonyl (C=O) groups excluding carboxylic acids is 1. The van der Waals surface area contributed by atoms with Gasteiger partial charge in [-0.3, -0.25) is 4.79 Å². The van der Waals surface area contributed by atoms with Gasteiger partial charge in [-0.05, 0) is 55.3 Å². The molecule has 168 valence electrons. The summed E-state index contributed by atoms with van der Waals surface area (Å²) in [6, 6.07) is 13.4. The first-order valence-corrected chi connectivity index (χ1v) is 12.4. The van der Waals surface area contributed by atoms with Crippen molar-refractivity contribution in [3.63, 3.8) is 0 Å². The Kier molecular flexibility index (Phi) is 6.66. The highest BCUT2D eigenvalue weighted by Gasteiger charge is 2.17. The molecule has 0 bridgehead atoms. The molecule has 0 fully saturated rings. The summed E-state index contributed by atoms with van der Waals surface area (Å²) < 4.78 is 29.0. The van der Waals surface area contributed by atoms with Crippen LogP contribution in [0.1, 0.15) is 48.8 Å². The number of aromatic nitrogens is 3. The van der Waals surface area contributed by atoms with E-state index in [1.165, 1.54) is 25.0 Å². The van der Waals surface area contributed by atoms with Crippen molar-refractivity contribution in [1.82, 2.24) is 19.5 Å². The van der Waals surface area contributed by atoms with E-state index in [-0.39, 0.29) is 22.9 Å². The van der Waals surface area contributed by atoms with Crippen LogP contribution in [0.4, 0.5) is 5.69 Å². The van der Waals surface area contributed by atoms with Crippen LogP contribution in [0, 0.1) is 0 Å². The minimum Gasteiger partial charge on any atom is -0.322 e. The normalized spacial score (nSPS) is 14.3. The monoisotopic (exact) mass is 453 g/mol. The third-order valence-corrected chi connectivity index (χ3v) is 7.04. The van der Waals surface area contributed by atoms with E-state index in [9.17, 15) is 13.2 Å². The van der Waals surface area contributed by atoms with Crippen molar-refractivity contribution < 1.29 is 13.2 Å². The van der Waals surface area contributed by atoms with Crippen LogP contribution in [0.15, 0.2) is 53.4 Å². The molecule has 0 saturated carbocycles. The lowest BCUT2D eigenvalue weighted by Crippen LogP contribution is -2.23. The number of rotatable bonds is 6. The first-order chi connectivity index (χ1) is 15.5. The van der Waals surface area contributed by atoms with Gasteiger partial charge in [-0.15, -0.1) is 10.2 Å². The van der Waals surface area contributed by atoms with Gasteiger partial charge in [0.05, 0.1) is 4.90 Å². The Morgan fingerprint density at radius 3 is 2.59 bits per heavy atom. The van der Waals surface area contributed by atoms with Crippen molar-refractivity contribution >= 4 is 21.6 Å². The van der Waals surface area contributed by atoms with Crippen LogP contribution in [0.5, 0.6) is 0 Å². The molecule has 0 atom stereocenters. The molecule has 9 heteroatoms. The van der Waals surface area contributed by atoms with Gasteiger partial charge in [-0.25, -0.2) is 13.1 Å². The van der Waals surface area contributed by atoms with E-state index < -0.39 is 10.0 Å². The summed E-state index contributed by atoms with van der Waals surface area (Å²) in [6.07, 6.45) is 5.66. The van der Waals surface area contributed by atoms with Gasteiger partial charge in [-0.2, -0.15) is 0 Å². The van der Waals surface area contributed by atoms with E-state index in [2.05, 4.69) is 24.8 Å². The van der Waals surface area contributed by atoms with Crippen molar-refractivity contribution in [2.45, 2.75) is 50.5 Å². The summed E-state index contributed by atoms with van der Waals surface area (Å²) >= 11 is 0. The van der Waals surface area contributed by atoms with Crippen molar-refractivity contribution in [3.05, 3.63) is 59.9 Å². The first-order valence-electron chi connectivity index (χ1n) is 10.9. The van der Waals surface area contributed by atoms with Crippen LogP contribution in [0.3, 0.4) is 0 Å². The zero-order valence-electron chi connectivity index (χ0n) is 18.0. The van der Waals surface area contributed by atoms with Gasteiger partial charge in [0.15, 0.2) is 5.82 Å². The molecule has 0 radical (unpaired) electrons. The number of hydrogen-bond acceptors (Lipinski definition) is 5. The molecule has 3 aromatic rings. The van der Waals surface area contributed by atoms with E-state index in [4.69, 9.17) is 0 Å². The number of nitrogens with zero attached hydrogens (tertiary/aromatic N) is 3. The summed E-state index contributed by atoms with van der Waals surface area (Å²) in [5.41, 5.74) is 1.83. The SMILES string of the molecule is CCNS(=O)(=O)c1cccc(C(=O)Nc2ccc(-c3nnc4n3CCCCCC4)cc2)c1.